The molecule has 2 heterocycles. The first-order valence-electron chi connectivity index (χ1n) is 8.14. The van der Waals surface area contributed by atoms with E-state index in [0.717, 1.165) is 26.1 Å². The van der Waals surface area contributed by atoms with Crippen molar-refractivity contribution in [2.24, 2.45) is 17.8 Å². The van der Waals surface area contributed by atoms with Crippen molar-refractivity contribution >= 4 is 10.0 Å². The molecule has 0 radical (unpaired) electrons. The number of piperidine rings is 1. The van der Waals surface area contributed by atoms with Gasteiger partial charge in [-0.05, 0) is 37.5 Å². The van der Waals surface area contributed by atoms with Gasteiger partial charge in [-0.2, -0.15) is 0 Å². The van der Waals surface area contributed by atoms with Gasteiger partial charge in [0.05, 0.1) is 12.4 Å². The van der Waals surface area contributed by atoms with Crippen molar-refractivity contribution in [2.75, 3.05) is 38.6 Å². The molecule has 124 valence electrons. The molecule has 0 aromatic heterocycles. The van der Waals surface area contributed by atoms with Crippen molar-refractivity contribution in [3.8, 4) is 0 Å². The van der Waals surface area contributed by atoms with E-state index in [1.54, 1.807) is 0 Å². The van der Waals surface area contributed by atoms with Crippen LogP contribution in [0.15, 0.2) is 0 Å². The van der Waals surface area contributed by atoms with Gasteiger partial charge in [-0.3, -0.25) is 0 Å². The second kappa shape index (κ2) is 7.40. The molecule has 6 heteroatoms. The Labute approximate surface area is 129 Å². The highest BCUT2D eigenvalue weighted by Gasteiger charge is 2.27. The molecule has 0 aliphatic carbocycles. The van der Waals surface area contributed by atoms with Crippen LogP contribution in [-0.2, 0) is 14.8 Å². The third kappa shape index (κ3) is 5.85. The van der Waals surface area contributed by atoms with E-state index in [4.69, 9.17) is 4.74 Å². The van der Waals surface area contributed by atoms with Crippen molar-refractivity contribution < 1.29 is 13.2 Å². The first-order chi connectivity index (χ1) is 9.84. The highest BCUT2D eigenvalue weighted by molar-refractivity contribution is 7.89. The molecule has 0 aromatic rings. The lowest BCUT2D eigenvalue weighted by atomic mass is 9.92. The molecule has 1 N–H and O–H groups in total. The molecular weight excluding hydrogens is 288 g/mol. The lowest BCUT2D eigenvalue weighted by molar-refractivity contribution is 0.134. The smallest absolute Gasteiger partial charge is 0.212 e. The summed E-state index contributed by atoms with van der Waals surface area (Å²) in [4.78, 5) is 2.39. The van der Waals surface area contributed by atoms with Crippen LogP contribution in [0.5, 0.6) is 0 Å². The number of nitrogens with one attached hydrogen (secondary N) is 1. The second-order valence-corrected chi connectivity index (χ2v) is 8.99. The molecule has 21 heavy (non-hydrogen) atoms. The maximum atomic E-state index is 12.2. The van der Waals surface area contributed by atoms with Crippen LogP contribution in [0.2, 0.25) is 0 Å². The molecule has 2 rings (SSSR count). The monoisotopic (exact) mass is 318 g/mol. The number of likely N-dealkylation sites (tertiary alicyclic amines) is 1. The van der Waals surface area contributed by atoms with Crippen LogP contribution in [0, 0.1) is 17.8 Å². The number of hydrogen-bond acceptors (Lipinski definition) is 4. The van der Waals surface area contributed by atoms with Crippen LogP contribution < -0.4 is 4.72 Å². The summed E-state index contributed by atoms with van der Waals surface area (Å²) in [5, 5.41) is 0. The van der Waals surface area contributed by atoms with E-state index >= 15 is 0 Å². The summed E-state index contributed by atoms with van der Waals surface area (Å²) in [7, 11) is -3.20. The molecule has 0 bridgehead atoms. The van der Waals surface area contributed by atoms with Gasteiger partial charge in [-0.1, -0.05) is 13.8 Å². The minimum atomic E-state index is -3.20. The number of ether oxygens (including phenoxy) is 1. The Morgan fingerprint density at radius 2 is 1.95 bits per heavy atom. The zero-order valence-corrected chi connectivity index (χ0v) is 14.4. The first kappa shape index (κ1) is 17.2. The topological polar surface area (TPSA) is 58.6 Å². The van der Waals surface area contributed by atoms with Gasteiger partial charge in [0.2, 0.25) is 10.0 Å². The fourth-order valence-corrected chi connectivity index (χ4v) is 5.41. The van der Waals surface area contributed by atoms with Gasteiger partial charge in [0.25, 0.3) is 0 Å². The molecule has 0 unspecified atom stereocenters. The molecular formula is C15H30N2O3S. The number of hydrogen-bond donors (Lipinski definition) is 1. The normalized spacial score (nSPS) is 33.2. The lowest BCUT2D eigenvalue weighted by Gasteiger charge is -2.36. The van der Waals surface area contributed by atoms with Crippen molar-refractivity contribution in [1.82, 2.24) is 9.62 Å². The average Bonchev–Trinajstić information content (AvgIpc) is 2.77. The van der Waals surface area contributed by atoms with Crippen molar-refractivity contribution in [2.45, 2.75) is 39.7 Å². The predicted molar refractivity (Wildman–Crippen MR) is 84.7 cm³/mol. The van der Waals surface area contributed by atoms with Gasteiger partial charge in [0.1, 0.15) is 0 Å². The molecule has 2 aliphatic rings. The van der Waals surface area contributed by atoms with Crippen LogP contribution in [0.25, 0.3) is 0 Å². The summed E-state index contributed by atoms with van der Waals surface area (Å²) in [6.07, 6.45) is 2.13. The van der Waals surface area contributed by atoms with Gasteiger partial charge in [-0.15, -0.1) is 0 Å². The average molecular weight is 318 g/mol. The van der Waals surface area contributed by atoms with Gasteiger partial charge in [-0.25, -0.2) is 13.1 Å². The Bertz CT molecular complexity index is 411. The van der Waals surface area contributed by atoms with Crippen molar-refractivity contribution in [3.05, 3.63) is 0 Å². The van der Waals surface area contributed by atoms with Crippen LogP contribution >= 0.6 is 0 Å². The number of rotatable bonds is 6. The molecule has 0 saturated carbocycles. The largest absolute Gasteiger partial charge is 0.381 e. The van der Waals surface area contributed by atoms with Crippen molar-refractivity contribution in [3.63, 3.8) is 0 Å². The Hall–Kier alpha value is -0.170. The third-order valence-electron chi connectivity index (χ3n) is 4.34. The van der Waals surface area contributed by atoms with Gasteiger partial charge in [0, 0.05) is 32.3 Å². The van der Waals surface area contributed by atoms with E-state index in [1.165, 1.54) is 6.42 Å². The molecule has 0 amide bonds. The van der Waals surface area contributed by atoms with Crippen molar-refractivity contribution in [1.29, 1.82) is 0 Å². The standard InChI is InChI=1S/C15H30N2O3S/c1-12-6-13(2)8-17(7-12)9-14(3)16-21(18,19)11-15-4-5-20-10-15/h12-16H,4-11H2,1-3H3/t12-,13+,14-,15-/m0/s1. The maximum absolute atomic E-state index is 12.2. The summed E-state index contributed by atoms with van der Waals surface area (Å²) in [6.45, 7) is 10.7. The highest BCUT2D eigenvalue weighted by Crippen LogP contribution is 2.21. The molecule has 2 aliphatic heterocycles. The first-order valence-corrected chi connectivity index (χ1v) is 9.79. The Balaban J connectivity index is 1.78. The zero-order chi connectivity index (χ0) is 15.5. The Morgan fingerprint density at radius 1 is 1.29 bits per heavy atom. The van der Waals surface area contributed by atoms with E-state index < -0.39 is 10.0 Å². The minimum absolute atomic E-state index is 0.0326. The summed E-state index contributed by atoms with van der Waals surface area (Å²) in [5.74, 6) is 1.76. The highest BCUT2D eigenvalue weighted by atomic mass is 32.2. The summed E-state index contributed by atoms with van der Waals surface area (Å²) >= 11 is 0. The van der Waals surface area contributed by atoms with Gasteiger partial charge in [0.15, 0.2) is 0 Å². The second-order valence-electron chi connectivity index (χ2n) is 7.19. The fraction of sp³-hybridized carbons (Fsp3) is 1.00. The molecule has 2 saturated heterocycles. The van der Waals surface area contributed by atoms with Crippen LogP contribution in [-0.4, -0.2) is 58.0 Å². The van der Waals surface area contributed by atoms with E-state index in [9.17, 15) is 8.42 Å². The molecule has 5 nitrogen and oxygen atoms in total. The minimum Gasteiger partial charge on any atom is -0.381 e. The molecule has 0 spiro atoms. The number of nitrogens with zero attached hydrogens (tertiary/aromatic N) is 1. The van der Waals surface area contributed by atoms with E-state index in [0.29, 0.717) is 25.0 Å². The molecule has 4 atom stereocenters. The van der Waals surface area contributed by atoms with E-state index in [2.05, 4.69) is 23.5 Å². The van der Waals surface area contributed by atoms with E-state index in [-0.39, 0.29) is 17.7 Å². The van der Waals surface area contributed by atoms with Crippen LogP contribution in [0.4, 0.5) is 0 Å². The van der Waals surface area contributed by atoms with Gasteiger partial charge < -0.3 is 9.64 Å². The van der Waals surface area contributed by atoms with Crippen LogP contribution in [0.3, 0.4) is 0 Å². The Morgan fingerprint density at radius 3 is 2.52 bits per heavy atom. The maximum Gasteiger partial charge on any atom is 0.212 e. The summed E-state index contributed by atoms with van der Waals surface area (Å²) in [6, 6.07) is -0.0326. The van der Waals surface area contributed by atoms with Crippen LogP contribution in [0.1, 0.15) is 33.6 Å². The van der Waals surface area contributed by atoms with Gasteiger partial charge >= 0.3 is 0 Å². The fourth-order valence-electron chi connectivity index (χ4n) is 3.75. The van der Waals surface area contributed by atoms with E-state index in [1.807, 2.05) is 6.92 Å². The Kier molecular flexibility index (Phi) is 6.05. The third-order valence-corrected chi connectivity index (χ3v) is 6.01. The number of sulfonamides is 1. The SMILES string of the molecule is C[C@@H]1C[C@H](C)CN(C[C@H](C)NS(=O)(=O)C[C@H]2CCOC2)C1. The quantitative estimate of drug-likeness (QED) is 0.802. The molecule has 2 fully saturated rings. The zero-order valence-electron chi connectivity index (χ0n) is 13.5. The predicted octanol–water partition coefficient (Wildman–Crippen LogP) is 1.31. The molecule has 0 aromatic carbocycles. The lowest BCUT2D eigenvalue weighted by Crippen LogP contribution is -2.47. The summed E-state index contributed by atoms with van der Waals surface area (Å²) in [5.41, 5.74) is 0. The summed E-state index contributed by atoms with van der Waals surface area (Å²) < 4.78 is 32.5.